The van der Waals surface area contributed by atoms with Gasteiger partial charge >= 0.3 is 0 Å². The van der Waals surface area contributed by atoms with E-state index in [4.69, 9.17) is 5.73 Å². The van der Waals surface area contributed by atoms with E-state index in [1.54, 1.807) is 0 Å². The molecule has 0 atom stereocenters. The summed E-state index contributed by atoms with van der Waals surface area (Å²) in [5.74, 6) is 1.15. The summed E-state index contributed by atoms with van der Waals surface area (Å²) in [6.45, 7) is 6.40. The summed E-state index contributed by atoms with van der Waals surface area (Å²) in [4.78, 5) is 18.4. The number of nitrogens with zero attached hydrogens (tertiary/aromatic N) is 2. The largest absolute Gasteiger partial charge is 0.370 e. The van der Waals surface area contributed by atoms with E-state index in [1.807, 2.05) is 23.1 Å². The first-order valence-electron chi connectivity index (χ1n) is 8.00. The molecule has 128 valence electrons. The minimum Gasteiger partial charge on any atom is -0.370 e. The number of fused-ring (bicyclic) bond motifs is 1. The van der Waals surface area contributed by atoms with E-state index in [-0.39, 0.29) is 29.9 Å². The molecule has 0 radical (unpaired) electrons. The molecule has 1 aromatic rings. The number of nitrogens with two attached hydrogens (primary N) is 1. The Morgan fingerprint density at radius 2 is 2.13 bits per heavy atom. The van der Waals surface area contributed by atoms with E-state index in [1.165, 1.54) is 5.56 Å². The molecule has 1 heterocycles. The third-order valence-corrected chi connectivity index (χ3v) is 3.69. The highest BCUT2D eigenvalue weighted by atomic mass is 127. The predicted molar refractivity (Wildman–Crippen MR) is 106 cm³/mol. The van der Waals surface area contributed by atoms with Crippen LogP contribution < -0.4 is 16.0 Å². The molecular formula is C17H27IN4O. The van der Waals surface area contributed by atoms with Crippen LogP contribution in [0.25, 0.3) is 0 Å². The molecular weight excluding hydrogens is 403 g/mol. The molecule has 0 unspecified atom stereocenters. The normalized spacial score (nSPS) is 13.7. The van der Waals surface area contributed by atoms with Gasteiger partial charge in [-0.15, -0.1) is 24.0 Å². The number of amides is 1. The van der Waals surface area contributed by atoms with Crippen molar-refractivity contribution in [3.63, 3.8) is 0 Å². The maximum Gasteiger partial charge on any atom is 0.227 e. The zero-order valence-corrected chi connectivity index (χ0v) is 16.2. The average molecular weight is 430 g/mol. The molecule has 23 heavy (non-hydrogen) atoms. The van der Waals surface area contributed by atoms with Gasteiger partial charge < -0.3 is 16.0 Å². The maximum absolute atomic E-state index is 12.3. The van der Waals surface area contributed by atoms with Gasteiger partial charge in [0.15, 0.2) is 5.96 Å². The number of para-hydroxylation sites is 1. The summed E-state index contributed by atoms with van der Waals surface area (Å²) in [6.07, 6.45) is 2.24. The van der Waals surface area contributed by atoms with Gasteiger partial charge in [0.05, 0.1) is 0 Å². The third-order valence-electron chi connectivity index (χ3n) is 3.69. The molecule has 0 spiro atoms. The lowest BCUT2D eigenvalue weighted by atomic mass is 10.2. The number of halogens is 1. The standard InChI is InChI=1S/C17H26N4O.HI/c1-13(2)12-20-17(18)19-10-5-8-16(22)21-11-9-14-6-3-4-7-15(14)21;/h3-4,6-7,13H,5,8-12H2,1-2H3,(H3,18,19,20);1H. The Bertz CT molecular complexity index is 545. The summed E-state index contributed by atoms with van der Waals surface area (Å²) in [6, 6.07) is 8.12. The van der Waals surface area contributed by atoms with E-state index in [9.17, 15) is 4.79 Å². The molecule has 0 aliphatic carbocycles. The summed E-state index contributed by atoms with van der Waals surface area (Å²) in [5, 5.41) is 3.06. The van der Waals surface area contributed by atoms with E-state index >= 15 is 0 Å². The minimum absolute atomic E-state index is 0. The molecule has 0 saturated heterocycles. The van der Waals surface area contributed by atoms with Gasteiger partial charge in [0, 0.05) is 31.7 Å². The first-order valence-corrected chi connectivity index (χ1v) is 8.00. The molecule has 1 amide bonds. The summed E-state index contributed by atoms with van der Waals surface area (Å²) in [5.41, 5.74) is 8.10. The van der Waals surface area contributed by atoms with Crippen molar-refractivity contribution in [2.75, 3.05) is 24.5 Å². The van der Waals surface area contributed by atoms with Crippen molar-refractivity contribution in [2.45, 2.75) is 33.1 Å². The van der Waals surface area contributed by atoms with Gasteiger partial charge in [-0.1, -0.05) is 32.0 Å². The van der Waals surface area contributed by atoms with Gasteiger partial charge in [0.25, 0.3) is 0 Å². The van der Waals surface area contributed by atoms with Crippen molar-refractivity contribution in [3.8, 4) is 0 Å². The smallest absolute Gasteiger partial charge is 0.227 e. The SMILES string of the molecule is CC(C)CN=C(N)NCCCC(=O)N1CCc2ccccc21.I. The highest BCUT2D eigenvalue weighted by Crippen LogP contribution is 2.27. The average Bonchev–Trinajstić information content (AvgIpc) is 2.93. The van der Waals surface area contributed by atoms with Crippen LogP contribution in [0.4, 0.5) is 5.69 Å². The Kier molecular flexibility index (Phi) is 8.36. The highest BCUT2D eigenvalue weighted by molar-refractivity contribution is 14.0. The number of anilines is 1. The van der Waals surface area contributed by atoms with Gasteiger partial charge in [-0.2, -0.15) is 0 Å². The molecule has 5 nitrogen and oxygen atoms in total. The van der Waals surface area contributed by atoms with Crippen molar-refractivity contribution < 1.29 is 4.79 Å². The molecule has 1 aromatic carbocycles. The zero-order chi connectivity index (χ0) is 15.9. The number of nitrogens with one attached hydrogen (secondary N) is 1. The first kappa shape index (κ1) is 19.7. The molecule has 1 aliphatic rings. The van der Waals surface area contributed by atoms with Gasteiger partial charge in [0.1, 0.15) is 0 Å². The number of carbonyl (C=O) groups excluding carboxylic acids is 1. The fourth-order valence-electron chi connectivity index (χ4n) is 2.53. The zero-order valence-electron chi connectivity index (χ0n) is 13.9. The van der Waals surface area contributed by atoms with Crippen molar-refractivity contribution in [1.29, 1.82) is 0 Å². The minimum atomic E-state index is 0. The van der Waals surface area contributed by atoms with Crippen molar-refractivity contribution in [2.24, 2.45) is 16.6 Å². The van der Waals surface area contributed by atoms with Gasteiger partial charge in [-0.3, -0.25) is 9.79 Å². The second kappa shape index (κ2) is 9.75. The van der Waals surface area contributed by atoms with Gasteiger partial charge in [0.2, 0.25) is 5.91 Å². The van der Waals surface area contributed by atoms with Crippen molar-refractivity contribution in [3.05, 3.63) is 29.8 Å². The highest BCUT2D eigenvalue weighted by Gasteiger charge is 2.23. The lowest BCUT2D eigenvalue weighted by Gasteiger charge is -2.17. The Labute approximate surface area is 155 Å². The Morgan fingerprint density at radius 1 is 1.39 bits per heavy atom. The fourth-order valence-corrected chi connectivity index (χ4v) is 2.53. The lowest BCUT2D eigenvalue weighted by Crippen LogP contribution is -2.34. The molecule has 0 saturated carbocycles. The molecule has 6 heteroatoms. The molecule has 1 aliphatic heterocycles. The van der Waals surface area contributed by atoms with Gasteiger partial charge in [-0.05, 0) is 30.4 Å². The summed E-state index contributed by atoms with van der Waals surface area (Å²) in [7, 11) is 0. The number of hydrogen-bond donors (Lipinski definition) is 2. The maximum atomic E-state index is 12.3. The Morgan fingerprint density at radius 3 is 2.87 bits per heavy atom. The van der Waals surface area contributed by atoms with Crippen molar-refractivity contribution in [1.82, 2.24) is 5.32 Å². The van der Waals surface area contributed by atoms with Crippen LogP contribution in [-0.4, -0.2) is 31.5 Å². The van der Waals surface area contributed by atoms with Crippen LogP contribution >= 0.6 is 24.0 Å². The Hall–Kier alpha value is -1.31. The number of carbonyl (C=O) groups is 1. The van der Waals surface area contributed by atoms with Crippen LogP contribution in [0, 0.1) is 5.92 Å². The van der Waals surface area contributed by atoms with E-state index < -0.39 is 0 Å². The summed E-state index contributed by atoms with van der Waals surface area (Å²) >= 11 is 0. The monoisotopic (exact) mass is 430 g/mol. The molecule has 0 aromatic heterocycles. The van der Waals surface area contributed by atoms with Crippen LogP contribution in [0.5, 0.6) is 0 Å². The fraction of sp³-hybridized carbons (Fsp3) is 0.529. The van der Waals surface area contributed by atoms with Crippen LogP contribution in [0.3, 0.4) is 0 Å². The first-order chi connectivity index (χ1) is 10.6. The topological polar surface area (TPSA) is 70.7 Å². The van der Waals surface area contributed by atoms with E-state index in [0.717, 1.165) is 31.6 Å². The van der Waals surface area contributed by atoms with E-state index in [2.05, 4.69) is 30.2 Å². The van der Waals surface area contributed by atoms with Crippen LogP contribution in [-0.2, 0) is 11.2 Å². The van der Waals surface area contributed by atoms with Crippen LogP contribution in [0.1, 0.15) is 32.3 Å². The number of guanidine groups is 1. The molecule has 0 fully saturated rings. The lowest BCUT2D eigenvalue weighted by molar-refractivity contribution is -0.118. The number of aliphatic imine (C=N–C) groups is 1. The molecule has 3 N–H and O–H groups in total. The van der Waals surface area contributed by atoms with Crippen LogP contribution in [0.15, 0.2) is 29.3 Å². The number of benzene rings is 1. The third kappa shape index (κ3) is 6.01. The molecule has 2 rings (SSSR count). The Balaban J connectivity index is 0.00000264. The summed E-state index contributed by atoms with van der Waals surface area (Å²) < 4.78 is 0. The van der Waals surface area contributed by atoms with E-state index in [0.29, 0.717) is 24.8 Å². The molecule has 0 bridgehead atoms. The quantitative estimate of drug-likeness (QED) is 0.316. The predicted octanol–water partition coefficient (Wildman–Crippen LogP) is 2.53. The number of rotatable bonds is 6. The van der Waals surface area contributed by atoms with Crippen LogP contribution in [0.2, 0.25) is 0 Å². The van der Waals surface area contributed by atoms with Gasteiger partial charge in [-0.25, -0.2) is 0 Å². The number of hydrogen-bond acceptors (Lipinski definition) is 2. The van der Waals surface area contributed by atoms with Crippen molar-refractivity contribution >= 4 is 41.5 Å². The second-order valence-corrected chi connectivity index (χ2v) is 6.07. The second-order valence-electron chi connectivity index (χ2n) is 6.07.